The summed E-state index contributed by atoms with van der Waals surface area (Å²) in [4.78, 5) is 0. The highest BCUT2D eigenvalue weighted by atomic mass is 16.3. The van der Waals surface area contributed by atoms with Crippen LogP contribution in [0.15, 0.2) is 28.4 Å². The van der Waals surface area contributed by atoms with Crippen LogP contribution in [0.4, 0.5) is 0 Å². The molecule has 1 N–H and O–H groups in total. The predicted molar refractivity (Wildman–Crippen MR) is 66.8 cm³/mol. The Morgan fingerprint density at radius 2 is 2.18 bits per heavy atom. The van der Waals surface area contributed by atoms with Crippen molar-refractivity contribution in [1.29, 1.82) is 0 Å². The predicted octanol–water partition coefficient (Wildman–Crippen LogP) is 3.06. The van der Waals surface area contributed by atoms with E-state index in [1.165, 1.54) is 5.56 Å². The third-order valence-corrected chi connectivity index (χ3v) is 4.78. The third-order valence-electron chi connectivity index (χ3n) is 4.78. The summed E-state index contributed by atoms with van der Waals surface area (Å²) in [6.07, 6.45) is 5.66. The first-order valence-corrected chi connectivity index (χ1v) is 6.43. The normalized spacial score (nSPS) is 34.8. The molecular weight excluding hydrogens is 212 g/mol. The second kappa shape index (κ2) is 3.49. The molecular formula is C15H20O2. The lowest BCUT2D eigenvalue weighted by atomic mass is 9.59. The van der Waals surface area contributed by atoms with E-state index in [-0.39, 0.29) is 11.5 Å². The number of hydrogen-bond donors (Lipinski definition) is 1. The van der Waals surface area contributed by atoms with Gasteiger partial charge in [-0.1, -0.05) is 19.9 Å². The van der Waals surface area contributed by atoms with Gasteiger partial charge in [0, 0.05) is 6.42 Å². The fourth-order valence-electron chi connectivity index (χ4n) is 3.68. The van der Waals surface area contributed by atoms with Crippen molar-refractivity contribution < 1.29 is 9.52 Å². The summed E-state index contributed by atoms with van der Waals surface area (Å²) in [6, 6.07) is 2.10. The van der Waals surface area contributed by atoms with Crippen molar-refractivity contribution in [1.82, 2.24) is 0 Å². The molecule has 1 aromatic rings. The van der Waals surface area contributed by atoms with Gasteiger partial charge in [0.2, 0.25) is 0 Å². The topological polar surface area (TPSA) is 33.4 Å². The molecule has 1 aromatic heterocycles. The standard InChI is InChI=1S/C15H20O2/c1-9-6-10-7-14-11(4-5-17-14)15(2,3)12(10)8-13(9)16/h4-6,10,12-13,16H,7-8H2,1-3H3/t10-,12-,13+/m1/s1. The number of aliphatic hydroxyl groups is 1. The van der Waals surface area contributed by atoms with Crippen LogP contribution in [-0.4, -0.2) is 11.2 Å². The van der Waals surface area contributed by atoms with Crippen molar-refractivity contribution in [2.75, 3.05) is 0 Å². The zero-order chi connectivity index (χ0) is 12.2. The third kappa shape index (κ3) is 1.50. The molecule has 92 valence electrons. The van der Waals surface area contributed by atoms with Gasteiger partial charge in [-0.05, 0) is 47.8 Å². The maximum atomic E-state index is 10.1. The molecule has 0 bridgehead atoms. The smallest absolute Gasteiger partial charge is 0.108 e. The highest BCUT2D eigenvalue weighted by Crippen LogP contribution is 2.49. The fraction of sp³-hybridized carbons (Fsp3) is 0.600. The van der Waals surface area contributed by atoms with Gasteiger partial charge >= 0.3 is 0 Å². The second-order valence-electron chi connectivity index (χ2n) is 6.12. The van der Waals surface area contributed by atoms with E-state index in [1.54, 1.807) is 6.26 Å². The molecule has 1 heterocycles. The van der Waals surface area contributed by atoms with E-state index in [4.69, 9.17) is 4.42 Å². The van der Waals surface area contributed by atoms with Gasteiger partial charge in [0.25, 0.3) is 0 Å². The first-order valence-electron chi connectivity index (χ1n) is 6.43. The van der Waals surface area contributed by atoms with Crippen molar-refractivity contribution in [3.63, 3.8) is 0 Å². The molecule has 0 fully saturated rings. The van der Waals surface area contributed by atoms with Gasteiger partial charge in [0.1, 0.15) is 5.76 Å². The zero-order valence-electron chi connectivity index (χ0n) is 10.7. The van der Waals surface area contributed by atoms with Crippen molar-refractivity contribution >= 4 is 0 Å². The molecule has 2 aliphatic carbocycles. The molecule has 3 rings (SSSR count). The highest BCUT2D eigenvalue weighted by molar-refractivity contribution is 5.34. The van der Waals surface area contributed by atoms with Gasteiger partial charge in [-0.15, -0.1) is 0 Å². The van der Waals surface area contributed by atoms with E-state index in [9.17, 15) is 5.11 Å². The SMILES string of the molecule is CC1=C[C@@H]2Cc3occc3C(C)(C)[C@@H]2C[C@@H]1O. The van der Waals surface area contributed by atoms with Gasteiger partial charge in [-0.2, -0.15) is 0 Å². The molecule has 2 nitrogen and oxygen atoms in total. The summed E-state index contributed by atoms with van der Waals surface area (Å²) in [5.41, 5.74) is 2.56. The molecule has 0 spiro atoms. The lowest BCUT2D eigenvalue weighted by Crippen LogP contribution is -2.43. The number of allylic oxidation sites excluding steroid dienone is 1. The van der Waals surface area contributed by atoms with Crippen LogP contribution < -0.4 is 0 Å². The number of hydrogen-bond acceptors (Lipinski definition) is 2. The summed E-state index contributed by atoms with van der Waals surface area (Å²) in [5.74, 6) is 2.18. The van der Waals surface area contributed by atoms with Gasteiger partial charge in [0.15, 0.2) is 0 Å². The highest BCUT2D eigenvalue weighted by Gasteiger charge is 2.45. The van der Waals surface area contributed by atoms with Crippen LogP contribution in [0.5, 0.6) is 0 Å². The molecule has 0 amide bonds. The van der Waals surface area contributed by atoms with E-state index in [1.807, 2.05) is 6.92 Å². The van der Waals surface area contributed by atoms with E-state index in [0.29, 0.717) is 11.8 Å². The lowest BCUT2D eigenvalue weighted by Gasteiger charge is -2.46. The summed E-state index contributed by atoms with van der Waals surface area (Å²) in [5, 5.41) is 10.1. The number of fused-ring (bicyclic) bond motifs is 2. The van der Waals surface area contributed by atoms with E-state index < -0.39 is 0 Å². The molecule has 3 atom stereocenters. The summed E-state index contributed by atoms with van der Waals surface area (Å²) < 4.78 is 5.61. The van der Waals surface area contributed by atoms with E-state index in [0.717, 1.165) is 24.2 Å². The summed E-state index contributed by atoms with van der Waals surface area (Å²) in [6.45, 7) is 6.59. The van der Waals surface area contributed by atoms with Crippen LogP contribution in [0.25, 0.3) is 0 Å². The molecule has 0 aliphatic heterocycles. The number of rotatable bonds is 0. The van der Waals surface area contributed by atoms with Gasteiger partial charge in [0.05, 0.1) is 12.4 Å². The Balaban J connectivity index is 2.07. The average molecular weight is 232 g/mol. The van der Waals surface area contributed by atoms with Gasteiger partial charge in [-0.3, -0.25) is 0 Å². The number of furan rings is 1. The Labute approximate surface area is 102 Å². The van der Waals surface area contributed by atoms with Crippen LogP contribution >= 0.6 is 0 Å². The Hall–Kier alpha value is -1.02. The second-order valence-corrected chi connectivity index (χ2v) is 6.12. The van der Waals surface area contributed by atoms with Crippen molar-refractivity contribution in [2.45, 2.75) is 45.1 Å². The lowest BCUT2D eigenvalue weighted by molar-refractivity contribution is 0.0980. The van der Waals surface area contributed by atoms with Crippen molar-refractivity contribution in [2.24, 2.45) is 11.8 Å². The summed E-state index contributed by atoms with van der Waals surface area (Å²) in [7, 11) is 0. The van der Waals surface area contributed by atoms with Crippen LogP contribution in [0.3, 0.4) is 0 Å². The molecule has 2 heteroatoms. The van der Waals surface area contributed by atoms with Crippen LogP contribution in [0, 0.1) is 11.8 Å². The van der Waals surface area contributed by atoms with Gasteiger partial charge < -0.3 is 9.52 Å². The Kier molecular flexibility index (Phi) is 2.27. The van der Waals surface area contributed by atoms with Crippen LogP contribution in [-0.2, 0) is 11.8 Å². The minimum absolute atomic E-state index is 0.101. The molecule has 0 radical (unpaired) electrons. The number of aliphatic hydroxyl groups excluding tert-OH is 1. The maximum Gasteiger partial charge on any atom is 0.108 e. The van der Waals surface area contributed by atoms with E-state index in [2.05, 4.69) is 26.0 Å². The maximum absolute atomic E-state index is 10.1. The minimum atomic E-state index is -0.260. The molecule has 0 aromatic carbocycles. The molecule has 17 heavy (non-hydrogen) atoms. The Morgan fingerprint density at radius 3 is 2.94 bits per heavy atom. The minimum Gasteiger partial charge on any atom is -0.469 e. The molecule has 2 aliphatic rings. The largest absolute Gasteiger partial charge is 0.469 e. The Morgan fingerprint density at radius 1 is 1.41 bits per heavy atom. The van der Waals surface area contributed by atoms with E-state index >= 15 is 0 Å². The molecule has 0 saturated heterocycles. The van der Waals surface area contributed by atoms with Crippen LogP contribution in [0.2, 0.25) is 0 Å². The first kappa shape index (κ1) is 11.1. The summed E-state index contributed by atoms with van der Waals surface area (Å²) >= 11 is 0. The quantitative estimate of drug-likeness (QED) is 0.697. The van der Waals surface area contributed by atoms with Crippen molar-refractivity contribution in [3.05, 3.63) is 35.3 Å². The zero-order valence-corrected chi connectivity index (χ0v) is 10.7. The Bertz CT molecular complexity index is 467. The monoisotopic (exact) mass is 232 g/mol. The van der Waals surface area contributed by atoms with Crippen LogP contribution in [0.1, 0.15) is 38.5 Å². The van der Waals surface area contributed by atoms with Crippen molar-refractivity contribution in [3.8, 4) is 0 Å². The average Bonchev–Trinajstić information content (AvgIpc) is 2.71. The fourth-order valence-corrected chi connectivity index (χ4v) is 3.68. The molecule has 0 saturated carbocycles. The van der Waals surface area contributed by atoms with Gasteiger partial charge in [-0.25, -0.2) is 0 Å². The first-order chi connectivity index (χ1) is 8.00. The molecule has 0 unspecified atom stereocenters.